The van der Waals surface area contributed by atoms with Crippen molar-refractivity contribution < 1.29 is 32.5 Å². The van der Waals surface area contributed by atoms with Gasteiger partial charge >= 0.3 is 6.18 Å². The van der Waals surface area contributed by atoms with Crippen molar-refractivity contribution in [1.82, 2.24) is 4.98 Å². The molecule has 0 spiro atoms. The zero-order valence-electron chi connectivity index (χ0n) is 14.5. The topological polar surface area (TPSA) is 60.8 Å². The predicted octanol–water partition coefficient (Wildman–Crippen LogP) is 4.25. The number of alkyl halides is 3. The molecule has 2 aromatic rings. The molecule has 0 aliphatic carbocycles. The van der Waals surface area contributed by atoms with Crippen LogP contribution in [0.5, 0.6) is 17.2 Å². The summed E-state index contributed by atoms with van der Waals surface area (Å²) in [6, 6.07) is 1.63. The maximum atomic E-state index is 13.1. The van der Waals surface area contributed by atoms with Crippen molar-refractivity contribution in [2.45, 2.75) is 19.7 Å². The maximum Gasteiger partial charge on any atom is 0.418 e. The zero-order chi connectivity index (χ0) is 19.6. The summed E-state index contributed by atoms with van der Waals surface area (Å²) in [5, 5.41) is 9.12. The molecule has 0 atom stereocenters. The number of aliphatic hydroxyl groups excluding tert-OH is 1. The number of ether oxygens (including phenoxy) is 3. The van der Waals surface area contributed by atoms with Crippen LogP contribution in [0, 0.1) is 6.92 Å². The normalized spacial score (nSPS) is 11.4. The summed E-state index contributed by atoms with van der Waals surface area (Å²) < 4.78 is 55.3. The van der Waals surface area contributed by atoms with Gasteiger partial charge in [0.15, 0.2) is 11.5 Å². The number of rotatable bonds is 5. The summed E-state index contributed by atoms with van der Waals surface area (Å²) >= 11 is 6.17. The molecule has 0 unspecified atom stereocenters. The quantitative estimate of drug-likeness (QED) is 0.825. The van der Waals surface area contributed by atoms with E-state index in [9.17, 15) is 18.3 Å². The van der Waals surface area contributed by atoms with Crippen LogP contribution in [-0.4, -0.2) is 31.4 Å². The van der Waals surface area contributed by atoms with Crippen molar-refractivity contribution in [3.05, 3.63) is 34.0 Å². The number of hydrogen-bond donors (Lipinski definition) is 1. The number of nitrogens with zero attached hydrogens (tertiary/aromatic N) is 1. The van der Waals surface area contributed by atoms with Crippen molar-refractivity contribution >= 4 is 11.6 Å². The summed E-state index contributed by atoms with van der Waals surface area (Å²) in [5.41, 5.74) is -0.568. The molecule has 0 saturated heterocycles. The van der Waals surface area contributed by atoms with Gasteiger partial charge in [-0.3, -0.25) is 4.98 Å². The smallest absolute Gasteiger partial charge is 0.418 e. The molecule has 0 amide bonds. The molecule has 5 nitrogen and oxygen atoms in total. The molecule has 0 radical (unpaired) electrons. The van der Waals surface area contributed by atoms with Crippen molar-refractivity contribution in [3.63, 3.8) is 0 Å². The van der Waals surface area contributed by atoms with Gasteiger partial charge in [-0.25, -0.2) is 0 Å². The van der Waals surface area contributed by atoms with Gasteiger partial charge in [-0.1, -0.05) is 11.6 Å². The van der Waals surface area contributed by atoms with Crippen molar-refractivity contribution in [2.24, 2.45) is 0 Å². The Labute approximate surface area is 153 Å². The van der Waals surface area contributed by atoms with E-state index in [1.54, 1.807) is 13.0 Å². The molecule has 142 valence electrons. The van der Waals surface area contributed by atoms with E-state index >= 15 is 0 Å². The highest BCUT2D eigenvalue weighted by molar-refractivity contribution is 6.34. The number of benzene rings is 1. The third kappa shape index (κ3) is 3.39. The monoisotopic (exact) mass is 391 g/mol. The van der Waals surface area contributed by atoms with Gasteiger partial charge < -0.3 is 19.3 Å². The minimum absolute atomic E-state index is 0.0408. The fourth-order valence-electron chi connectivity index (χ4n) is 2.67. The van der Waals surface area contributed by atoms with Crippen LogP contribution in [0.2, 0.25) is 5.02 Å². The predicted molar refractivity (Wildman–Crippen MR) is 90.0 cm³/mol. The van der Waals surface area contributed by atoms with E-state index in [4.69, 9.17) is 25.8 Å². The number of methoxy groups -OCH3 is 3. The Morgan fingerprint density at radius 1 is 1.12 bits per heavy atom. The average molecular weight is 392 g/mol. The first-order valence-corrected chi connectivity index (χ1v) is 7.74. The van der Waals surface area contributed by atoms with Crippen molar-refractivity contribution in [3.8, 4) is 28.5 Å². The lowest BCUT2D eigenvalue weighted by Crippen LogP contribution is -2.12. The Balaban J connectivity index is 2.85. The number of hydrogen-bond acceptors (Lipinski definition) is 5. The Bertz CT molecular complexity index is 825. The van der Waals surface area contributed by atoms with Crippen LogP contribution in [-0.2, 0) is 12.8 Å². The molecule has 0 saturated carbocycles. The Kier molecular flexibility index (Phi) is 5.87. The summed E-state index contributed by atoms with van der Waals surface area (Å²) in [6.07, 6.45) is -4.05. The second-order valence-electron chi connectivity index (χ2n) is 5.31. The molecule has 9 heteroatoms. The standard InChI is InChI=1S/C17H17ClF3NO4/c1-8-5-11(24-2)15(25-3)16(26-4)12(8)14-13(18)9(7-23)10(6-22-14)17(19,20)21/h5-6,23H,7H2,1-4H3. The van der Waals surface area contributed by atoms with E-state index in [0.29, 0.717) is 23.1 Å². The number of aliphatic hydroxyl groups is 1. The molecule has 26 heavy (non-hydrogen) atoms. The molecule has 0 fully saturated rings. The van der Waals surface area contributed by atoms with E-state index in [0.717, 1.165) is 0 Å². The molecule has 0 bridgehead atoms. The summed E-state index contributed by atoms with van der Waals surface area (Å²) in [7, 11) is 4.23. The molecule has 2 rings (SSSR count). The van der Waals surface area contributed by atoms with Crippen LogP contribution >= 0.6 is 11.6 Å². The second kappa shape index (κ2) is 7.59. The van der Waals surface area contributed by atoms with E-state index in [1.165, 1.54) is 21.3 Å². The van der Waals surface area contributed by atoms with E-state index in [1.807, 2.05) is 0 Å². The Morgan fingerprint density at radius 2 is 1.73 bits per heavy atom. The van der Waals surface area contributed by atoms with Crippen LogP contribution < -0.4 is 14.2 Å². The van der Waals surface area contributed by atoms with Crippen LogP contribution in [0.4, 0.5) is 13.2 Å². The molecule has 0 aliphatic heterocycles. The SMILES string of the molecule is COc1cc(C)c(-c2ncc(C(F)(F)F)c(CO)c2Cl)c(OC)c1OC. The van der Waals surface area contributed by atoms with Gasteiger partial charge in [0.05, 0.1) is 49.8 Å². The minimum atomic E-state index is -4.69. The summed E-state index contributed by atoms with van der Waals surface area (Å²) in [6.45, 7) is 0.811. The first kappa shape index (κ1) is 20.1. The van der Waals surface area contributed by atoms with E-state index in [-0.39, 0.29) is 22.2 Å². The lowest BCUT2D eigenvalue weighted by Gasteiger charge is -2.20. The molecule has 0 aliphatic rings. The van der Waals surface area contributed by atoms with Crippen molar-refractivity contribution in [1.29, 1.82) is 0 Å². The number of aryl methyl sites for hydroxylation is 1. The van der Waals surface area contributed by atoms with Crippen LogP contribution in [0.25, 0.3) is 11.3 Å². The zero-order valence-corrected chi connectivity index (χ0v) is 15.2. The highest BCUT2D eigenvalue weighted by atomic mass is 35.5. The third-order valence-electron chi connectivity index (χ3n) is 3.85. The highest BCUT2D eigenvalue weighted by Crippen LogP contribution is 2.48. The van der Waals surface area contributed by atoms with Crippen LogP contribution in [0.3, 0.4) is 0 Å². The minimum Gasteiger partial charge on any atom is -0.493 e. The van der Waals surface area contributed by atoms with Gasteiger partial charge in [0.1, 0.15) is 0 Å². The van der Waals surface area contributed by atoms with Crippen LogP contribution in [0.15, 0.2) is 12.3 Å². The van der Waals surface area contributed by atoms with Gasteiger partial charge in [-0.2, -0.15) is 13.2 Å². The lowest BCUT2D eigenvalue weighted by molar-refractivity contribution is -0.138. The van der Waals surface area contributed by atoms with E-state index in [2.05, 4.69) is 4.98 Å². The first-order chi connectivity index (χ1) is 12.2. The molecular formula is C17H17ClF3NO4. The number of aromatic nitrogens is 1. The van der Waals surface area contributed by atoms with E-state index < -0.39 is 23.9 Å². The van der Waals surface area contributed by atoms with Gasteiger partial charge in [-0.05, 0) is 18.6 Å². The molecule has 1 N–H and O–H groups in total. The summed E-state index contributed by atoms with van der Waals surface area (Å²) in [5.74, 6) is 0.845. The molecular weight excluding hydrogens is 375 g/mol. The molecule has 1 aromatic carbocycles. The summed E-state index contributed by atoms with van der Waals surface area (Å²) in [4.78, 5) is 3.88. The molecule has 1 heterocycles. The number of pyridine rings is 1. The van der Waals surface area contributed by atoms with Gasteiger partial charge in [0.2, 0.25) is 5.75 Å². The number of halogens is 4. The highest BCUT2D eigenvalue weighted by Gasteiger charge is 2.36. The van der Waals surface area contributed by atoms with Gasteiger partial charge in [0.25, 0.3) is 0 Å². The second-order valence-corrected chi connectivity index (χ2v) is 5.68. The van der Waals surface area contributed by atoms with Crippen LogP contribution in [0.1, 0.15) is 16.7 Å². The molecule has 1 aromatic heterocycles. The van der Waals surface area contributed by atoms with Crippen molar-refractivity contribution in [2.75, 3.05) is 21.3 Å². The van der Waals surface area contributed by atoms with Gasteiger partial charge in [0, 0.05) is 11.8 Å². The largest absolute Gasteiger partial charge is 0.493 e. The van der Waals surface area contributed by atoms with Gasteiger partial charge in [-0.15, -0.1) is 0 Å². The fourth-order valence-corrected chi connectivity index (χ4v) is 2.98. The Hall–Kier alpha value is -2.19. The lowest BCUT2D eigenvalue weighted by atomic mass is 9.99. The maximum absolute atomic E-state index is 13.1. The fraction of sp³-hybridized carbons (Fsp3) is 0.353. The third-order valence-corrected chi connectivity index (χ3v) is 4.26. The average Bonchev–Trinajstić information content (AvgIpc) is 2.59. The Morgan fingerprint density at radius 3 is 2.19 bits per heavy atom. The first-order valence-electron chi connectivity index (χ1n) is 7.36.